The summed E-state index contributed by atoms with van der Waals surface area (Å²) in [6.07, 6.45) is 6.27. The van der Waals surface area contributed by atoms with E-state index >= 15 is 0 Å². The topological polar surface area (TPSA) is 131 Å². The van der Waals surface area contributed by atoms with Crippen molar-refractivity contribution >= 4 is 23.8 Å². The summed E-state index contributed by atoms with van der Waals surface area (Å²) < 4.78 is 5.33. The maximum Gasteiger partial charge on any atom is 0.408 e. The van der Waals surface area contributed by atoms with Crippen molar-refractivity contribution in [1.82, 2.24) is 15.5 Å². The number of hydrogen-bond acceptors (Lipinski definition) is 5. The third-order valence-electron chi connectivity index (χ3n) is 6.58. The zero-order valence-corrected chi connectivity index (χ0v) is 23.7. The van der Waals surface area contributed by atoms with Crippen LogP contribution in [0.25, 0.3) is 0 Å². The van der Waals surface area contributed by atoms with Gasteiger partial charge in [-0.1, -0.05) is 68.9 Å². The fourth-order valence-electron chi connectivity index (χ4n) is 4.70. The maximum absolute atomic E-state index is 14.0. The van der Waals surface area contributed by atoms with Gasteiger partial charge in [0.05, 0.1) is 6.42 Å². The number of nitrogens with two attached hydrogens (primary N) is 1. The summed E-state index contributed by atoms with van der Waals surface area (Å²) in [6.45, 7) is 9.42. The van der Waals surface area contributed by atoms with Crippen LogP contribution in [0.15, 0.2) is 24.3 Å². The van der Waals surface area contributed by atoms with Crippen LogP contribution in [0, 0.1) is 6.92 Å². The van der Waals surface area contributed by atoms with Crippen molar-refractivity contribution in [2.24, 2.45) is 5.73 Å². The Kier molecular flexibility index (Phi) is 12.1. The maximum atomic E-state index is 14.0. The minimum Gasteiger partial charge on any atom is -0.444 e. The standard InChI is InChI=1S/C29H46N4O5/c1-6-7-11-18-33(27(36)23(19-24(30)34)32-28(37)38-29(3,4)5)25(21-16-14-20(2)15-17-21)26(35)31-22-12-9-8-10-13-22/h14-17,22-23,25H,6-13,18-19H2,1-5H3,(H2,30,34)(H,31,35)(H,32,37). The average molecular weight is 531 g/mol. The van der Waals surface area contributed by atoms with Gasteiger partial charge in [-0.25, -0.2) is 4.79 Å². The van der Waals surface area contributed by atoms with Crippen LogP contribution >= 0.6 is 0 Å². The number of benzene rings is 1. The van der Waals surface area contributed by atoms with Crippen LogP contribution in [0.4, 0.5) is 4.79 Å². The molecular formula is C29H46N4O5. The molecule has 212 valence electrons. The minimum atomic E-state index is -1.26. The Bertz CT molecular complexity index is 935. The lowest BCUT2D eigenvalue weighted by Crippen LogP contribution is -2.55. The van der Waals surface area contributed by atoms with E-state index in [1.165, 1.54) is 4.90 Å². The van der Waals surface area contributed by atoms with E-state index in [9.17, 15) is 19.2 Å². The van der Waals surface area contributed by atoms with Crippen LogP contribution < -0.4 is 16.4 Å². The molecule has 38 heavy (non-hydrogen) atoms. The predicted octanol–water partition coefficient (Wildman–Crippen LogP) is 4.27. The molecule has 4 N–H and O–H groups in total. The Morgan fingerprint density at radius 1 is 1.05 bits per heavy atom. The number of hydrogen-bond donors (Lipinski definition) is 3. The predicted molar refractivity (Wildman–Crippen MR) is 147 cm³/mol. The second kappa shape index (κ2) is 14.7. The van der Waals surface area contributed by atoms with Crippen molar-refractivity contribution in [1.29, 1.82) is 0 Å². The van der Waals surface area contributed by atoms with E-state index in [1.54, 1.807) is 20.8 Å². The lowest BCUT2D eigenvalue weighted by atomic mass is 9.94. The van der Waals surface area contributed by atoms with Crippen LogP contribution in [0.5, 0.6) is 0 Å². The quantitative estimate of drug-likeness (QED) is 0.347. The zero-order valence-electron chi connectivity index (χ0n) is 23.7. The number of nitrogens with one attached hydrogen (secondary N) is 2. The molecule has 0 bridgehead atoms. The summed E-state index contributed by atoms with van der Waals surface area (Å²) in [7, 11) is 0. The van der Waals surface area contributed by atoms with Crippen molar-refractivity contribution in [2.45, 2.75) is 116 Å². The van der Waals surface area contributed by atoms with Crippen molar-refractivity contribution in [3.63, 3.8) is 0 Å². The van der Waals surface area contributed by atoms with E-state index in [0.717, 1.165) is 50.5 Å². The van der Waals surface area contributed by atoms with Gasteiger partial charge < -0.3 is 26.0 Å². The van der Waals surface area contributed by atoms with Crippen LogP contribution in [-0.4, -0.2) is 52.9 Å². The molecule has 1 aromatic rings. The summed E-state index contributed by atoms with van der Waals surface area (Å²) in [5.41, 5.74) is 6.37. The fourth-order valence-corrected chi connectivity index (χ4v) is 4.70. The fraction of sp³-hybridized carbons (Fsp3) is 0.655. The van der Waals surface area contributed by atoms with E-state index in [-0.39, 0.29) is 18.5 Å². The number of primary amides is 1. The van der Waals surface area contributed by atoms with E-state index in [4.69, 9.17) is 10.5 Å². The average Bonchev–Trinajstić information content (AvgIpc) is 2.83. The van der Waals surface area contributed by atoms with Crippen LogP contribution in [0.1, 0.15) is 103 Å². The third-order valence-corrected chi connectivity index (χ3v) is 6.58. The van der Waals surface area contributed by atoms with Gasteiger partial charge in [0.15, 0.2) is 0 Å². The van der Waals surface area contributed by atoms with Gasteiger partial charge in [0.2, 0.25) is 17.7 Å². The normalized spacial score (nSPS) is 15.7. The van der Waals surface area contributed by atoms with Crippen LogP contribution in [-0.2, 0) is 19.1 Å². The number of nitrogens with zero attached hydrogens (tertiary/aromatic N) is 1. The number of unbranched alkanes of at least 4 members (excludes halogenated alkanes) is 2. The molecule has 1 aliphatic rings. The molecule has 1 aliphatic carbocycles. The molecule has 2 atom stereocenters. The van der Waals surface area contributed by atoms with Crippen LogP contribution in [0.2, 0.25) is 0 Å². The third kappa shape index (κ3) is 10.3. The number of aryl methyl sites for hydroxylation is 1. The number of carbonyl (C=O) groups excluding carboxylic acids is 4. The summed E-state index contributed by atoms with van der Waals surface area (Å²) in [5, 5.41) is 5.70. The van der Waals surface area contributed by atoms with Gasteiger partial charge in [-0.2, -0.15) is 0 Å². The second-order valence-corrected chi connectivity index (χ2v) is 11.3. The highest BCUT2D eigenvalue weighted by molar-refractivity contribution is 5.94. The SMILES string of the molecule is CCCCCN(C(=O)C(CC(N)=O)NC(=O)OC(C)(C)C)C(C(=O)NC1CCCCC1)c1ccc(C)cc1. The van der Waals surface area contributed by atoms with Crippen LogP contribution in [0.3, 0.4) is 0 Å². The van der Waals surface area contributed by atoms with E-state index in [1.807, 2.05) is 31.2 Å². The minimum absolute atomic E-state index is 0.0538. The second-order valence-electron chi connectivity index (χ2n) is 11.3. The van der Waals surface area contributed by atoms with Gasteiger partial charge in [0, 0.05) is 12.6 Å². The highest BCUT2D eigenvalue weighted by Crippen LogP contribution is 2.26. The molecule has 1 fully saturated rings. The summed E-state index contributed by atoms with van der Waals surface area (Å²) in [4.78, 5) is 53.8. The molecule has 2 rings (SSSR count). The van der Waals surface area contributed by atoms with Crippen molar-refractivity contribution in [3.8, 4) is 0 Å². The number of alkyl carbamates (subject to hydrolysis) is 1. The molecule has 4 amide bonds. The number of amides is 4. The Hall–Kier alpha value is -3.10. The summed E-state index contributed by atoms with van der Waals surface area (Å²) in [5.74, 6) is -1.55. The van der Waals surface area contributed by atoms with Crippen molar-refractivity contribution in [2.75, 3.05) is 6.54 Å². The molecule has 0 aromatic heterocycles. The molecule has 0 radical (unpaired) electrons. The Labute approximate surface area is 227 Å². The molecule has 9 heteroatoms. The first-order chi connectivity index (χ1) is 17.9. The smallest absolute Gasteiger partial charge is 0.408 e. The molecule has 1 aromatic carbocycles. The monoisotopic (exact) mass is 530 g/mol. The Balaban J connectivity index is 2.45. The Morgan fingerprint density at radius 3 is 2.24 bits per heavy atom. The van der Waals surface area contributed by atoms with Gasteiger partial charge in [-0.05, 0) is 52.5 Å². The summed E-state index contributed by atoms with van der Waals surface area (Å²) in [6, 6.07) is 5.39. The first kappa shape index (κ1) is 31.1. The van der Waals surface area contributed by atoms with Crippen molar-refractivity contribution in [3.05, 3.63) is 35.4 Å². The van der Waals surface area contributed by atoms with E-state index in [2.05, 4.69) is 17.6 Å². The molecule has 9 nitrogen and oxygen atoms in total. The molecule has 0 spiro atoms. The first-order valence-corrected chi connectivity index (χ1v) is 13.9. The molecule has 0 heterocycles. The Morgan fingerprint density at radius 2 is 1.68 bits per heavy atom. The van der Waals surface area contributed by atoms with Gasteiger partial charge >= 0.3 is 6.09 Å². The van der Waals surface area contributed by atoms with Gasteiger partial charge in [-0.15, -0.1) is 0 Å². The highest BCUT2D eigenvalue weighted by atomic mass is 16.6. The molecular weight excluding hydrogens is 484 g/mol. The molecule has 0 saturated heterocycles. The summed E-state index contributed by atoms with van der Waals surface area (Å²) >= 11 is 0. The largest absolute Gasteiger partial charge is 0.444 e. The van der Waals surface area contributed by atoms with E-state index in [0.29, 0.717) is 12.0 Å². The number of ether oxygens (including phenoxy) is 1. The van der Waals surface area contributed by atoms with Gasteiger partial charge in [-0.3, -0.25) is 14.4 Å². The van der Waals surface area contributed by atoms with E-state index < -0.39 is 42.0 Å². The molecule has 0 aliphatic heterocycles. The zero-order chi connectivity index (χ0) is 28.3. The van der Waals surface area contributed by atoms with Gasteiger partial charge in [0.25, 0.3) is 0 Å². The lowest BCUT2D eigenvalue weighted by Gasteiger charge is -2.35. The van der Waals surface area contributed by atoms with Gasteiger partial charge in [0.1, 0.15) is 17.7 Å². The number of carbonyl (C=O) groups is 4. The lowest BCUT2D eigenvalue weighted by molar-refractivity contribution is -0.143. The number of rotatable bonds is 12. The highest BCUT2D eigenvalue weighted by Gasteiger charge is 2.37. The molecule has 2 unspecified atom stereocenters. The van der Waals surface area contributed by atoms with Crippen molar-refractivity contribution < 1.29 is 23.9 Å². The first-order valence-electron chi connectivity index (χ1n) is 13.9. The molecule has 1 saturated carbocycles.